The van der Waals surface area contributed by atoms with Crippen molar-refractivity contribution in [3.8, 4) is 11.5 Å². The van der Waals surface area contributed by atoms with E-state index in [1.165, 1.54) is 13.1 Å². The second-order valence-corrected chi connectivity index (χ2v) is 22.2. The summed E-state index contributed by atoms with van der Waals surface area (Å²) >= 11 is 0. The third kappa shape index (κ3) is 16.0. The molecule has 3 N–H and O–H groups in total. The Balaban J connectivity index is 0.754. The normalized spacial score (nSPS) is 17.5. The molecule has 5 amide bonds. The van der Waals surface area contributed by atoms with E-state index in [0.29, 0.717) is 98.1 Å². The van der Waals surface area contributed by atoms with Gasteiger partial charge in [0.25, 0.3) is 11.8 Å². The van der Waals surface area contributed by atoms with Gasteiger partial charge in [0.2, 0.25) is 17.7 Å². The number of carbonyl (C=O) groups is 7. The Kier molecular flexibility index (Phi) is 19.7. The van der Waals surface area contributed by atoms with Gasteiger partial charge >= 0.3 is 5.97 Å². The molecule has 1 saturated heterocycles. The van der Waals surface area contributed by atoms with Gasteiger partial charge in [0, 0.05) is 141 Å². The second-order valence-electron chi connectivity index (χ2n) is 19.0. The van der Waals surface area contributed by atoms with Gasteiger partial charge in [0.15, 0.2) is 0 Å². The van der Waals surface area contributed by atoms with E-state index in [4.69, 9.17) is 14.3 Å². The minimum atomic E-state index is -0.593. The molecule has 0 radical (unpaired) electrons. The topological polar surface area (TPSA) is 218 Å². The van der Waals surface area contributed by atoms with E-state index in [2.05, 4.69) is 31.0 Å². The van der Waals surface area contributed by atoms with Crippen molar-refractivity contribution in [2.45, 2.75) is 82.9 Å². The van der Waals surface area contributed by atoms with E-state index in [1.54, 1.807) is 76.4 Å². The minimum Gasteiger partial charge on any atom is -0.493 e. The lowest BCUT2D eigenvalue weighted by Crippen LogP contribution is -2.48. The number of nitrogens with zero attached hydrogens (tertiary/aromatic N) is 5. The maximum absolute atomic E-state index is 15.1. The maximum atomic E-state index is 15.1. The van der Waals surface area contributed by atoms with Crippen LogP contribution in [0.4, 0.5) is 15.8 Å². The van der Waals surface area contributed by atoms with Crippen LogP contribution < -0.4 is 30.4 Å². The third-order valence-corrected chi connectivity index (χ3v) is 16.2. The van der Waals surface area contributed by atoms with Gasteiger partial charge in [-0.2, -0.15) is 10.2 Å². The molecule has 18 nitrogen and oxygen atoms in total. The summed E-state index contributed by atoms with van der Waals surface area (Å²) in [7, 11) is 4.43. The lowest BCUT2D eigenvalue weighted by molar-refractivity contribution is -0.192. The second kappa shape index (κ2) is 26.5. The number of nitrogens with one attached hydrogen (secondary N) is 3. The van der Waals surface area contributed by atoms with E-state index in [9.17, 15) is 33.6 Å². The minimum absolute atomic E-state index is 0.0238. The number of pyridine rings is 1. The van der Waals surface area contributed by atoms with Crippen molar-refractivity contribution in [2.24, 2.45) is 16.9 Å². The lowest BCUT2D eigenvalue weighted by atomic mass is 10.0. The first kappa shape index (κ1) is 55.7. The molecule has 0 bridgehead atoms. The summed E-state index contributed by atoms with van der Waals surface area (Å²) in [5.74, 6) is -0.572. The fourth-order valence-electron chi connectivity index (χ4n) is 8.79. The number of aromatic nitrogens is 1. The monoisotopic (exact) mass is 1070 g/mol. The molecule has 3 aliphatic rings. The molecule has 1 aliphatic carbocycles. The summed E-state index contributed by atoms with van der Waals surface area (Å²) in [6.45, 7) is 8.92. The van der Waals surface area contributed by atoms with Crippen LogP contribution in [0, 0.1) is 17.7 Å². The first-order valence-corrected chi connectivity index (χ1v) is 27.3. The molecule has 4 aromatic rings. The predicted octanol–water partition coefficient (Wildman–Crippen LogP) is 7.09. The molecule has 3 heterocycles. The number of hydroxylamine groups is 2. The van der Waals surface area contributed by atoms with Crippen molar-refractivity contribution in [1.29, 1.82) is 0 Å². The molecule has 75 heavy (non-hydrogen) atoms. The van der Waals surface area contributed by atoms with Gasteiger partial charge in [-0.05, 0) is 86.3 Å². The van der Waals surface area contributed by atoms with Gasteiger partial charge in [0.05, 0.1) is 25.3 Å². The van der Waals surface area contributed by atoms with Gasteiger partial charge in [0.1, 0.15) is 23.6 Å². The Morgan fingerprint density at radius 1 is 0.987 bits per heavy atom. The van der Waals surface area contributed by atoms with Gasteiger partial charge in [-0.15, -0.1) is 0 Å². The molecule has 2 fully saturated rings. The molecule has 1 saturated carbocycles. The Morgan fingerprint density at radius 2 is 1.77 bits per heavy atom. The van der Waals surface area contributed by atoms with Crippen LogP contribution in [-0.2, 0) is 40.1 Å². The quantitative estimate of drug-likeness (QED) is 0.0293. The van der Waals surface area contributed by atoms with Gasteiger partial charge in [-0.3, -0.25) is 29.0 Å². The largest absolute Gasteiger partial charge is 0.493 e. The molecule has 1 aromatic heterocycles. The SMILES string of the molecule is CC1C(C(=O)Nc2ccc(CNC(=O)c3ccc(N4CCN(C(=O)CCSSC(C)(C)CC(=O)N/N=C5\CCOc6cc(OCCCC(=O)ON(C)C(=O)CCC=O)ccc65)CC4)cc3)c(F)c2)C1c1cccnc1. The number of fused-ring (bicyclic) bond motifs is 1. The highest BCUT2D eigenvalue weighted by Gasteiger charge is 2.52. The molecule has 3 unspecified atom stereocenters. The highest BCUT2D eigenvalue weighted by Crippen LogP contribution is 2.54. The fourth-order valence-corrected chi connectivity index (χ4v) is 11.3. The van der Waals surface area contributed by atoms with Crippen molar-refractivity contribution in [2.75, 3.05) is 62.4 Å². The number of rotatable bonds is 23. The average Bonchev–Trinajstić information content (AvgIpc) is 4.09. The van der Waals surface area contributed by atoms with Crippen LogP contribution >= 0.6 is 21.6 Å². The van der Waals surface area contributed by atoms with Crippen molar-refractivity contribution < 1.29 is 52.3 Å². The molecule has 2 aliphatic heterocycles. The van der Waals surface area contributed by atoms with Gasteiger partial charge in [-0.1, -0.05) is 40.6 Å². The summed E-state index contributed by atoms with van der Waals surface area (Å²) in [5, 5.41) is 10.9. The Hall–Kier alpha value is -7.00. The van der Waals surface area contributed by atoms with Gasteiger partial charge in [-0.25, -0.2) is 14.6 Å². The van der Waals surface area contributed by atoms with Crippen LogP contribution in [0.3, 0.4) is 0 Å². The van der Waals surface area contributed by atoms with Crippen molar-refractivity contribution in [1.82, 2.24) is 25.7 Å². The fraction of sp³-hybridized carbons (Fsp3) is 0.426. The van der Waals surface area contributed by atoms with E-state index in [0.717, 1.165) is 21.9 Å². The number of carbonyl (C=O) groups excluding carboxylic acids is 7. The summed E-state index contributed by atoms with van der Waals surface area (Å²) in [6, 6.07) is 20.8. The van der Waals surface area contributed by atoms with Crippen LogP contribution in [0.15, 0.2) is 90.3 Å². The molecular formula is C54H63FN8O10S2. The number of aldehydes is 1. The van der Waals surface area contributed by atoms with Crippen LogP contribution in [-0.4, -0.2) is 119 Å². The molecule has 3 atom stereocenters. The Morgan fingerprint density at radius 3 is 2.51 bits per heavy atom. The van der Waals surface area contributed by atoms with Crippen molar-refractivity contribution in [3.63, 3.8) is 0 Å². The zero-order valence-electron chi connectivity index (χ0n) is 42.5. The number of piperazine rings is 1. The van der Waals surface area contributed by atoms with Crippen LogP contribution in [0.25, 0.3) is 0 Å². The standard InChI is InChI=1S/C54H63FN8O10S2/c1-35-50(38-8-5-21-56-33-38)51(35)53(70)58-39-14-11-37(43(55)30-39)34-57-52(69)36-12-15-40(16-13-36)62-22-24-63(25-23-62)48(67)20-29-74-75-54(2,3)32-46(65)60-59-44-19-28-72-45-31-41(17-18-42(44)45)71-27-7-10-49(68)73-61(4)47(66)9-6-26-64/h5,8,11-18,21,26,30-31,33,35,50-51H,6-7,9-10,19-20,22-25,27-29,32,34H2,1-4H3,(H,57,69)(H,58,70)(H,60,65)/b59-44+. The summed E-state index contributed by atoms with van der Waals surface area (Å²) in [4.78, 5) is 99.7. The van der Waals surface area contributed by atoms with Crippen molar-refractivity contribution in [3.05, 3.63) is 113 Å². The van der Waals surface area contributed by atoms with Gasteiger partial charge < -0.3 is 39.5 Å². The first-order valence-electron chi connectivity index (χ1n) is 25.0. The average molecular weight is 1070 g/mol. The van der Waals surface area contributed by atoms with Crippen molar-refractivity contribution >= 4 is 80.5 Å². The van der Waals surface area contributed by atoms with Crippen LogP contribution in [0.5, 0.6) is 11.5 Å². The van der Waals surface area contributed by atoms with Crippen LogP contribution in [0.2, 0.25) is 0 Å². The third-order valence-electron chi connectivity index (χ3n) is 12.9. The summed E-state index contributed by atoms with van der Waals surface area (Å²) in [6.07, 6.45) is 5.54. The molecule has 398 valence electrons. The highest BCUT2D eigenvalue weighted by atomic mass is 33.1. The number of ether oxygens (including phenoxy) is 2. The smallest absolute Gasteiger partial charge is 0.332 e. The highest BCUT2D eigenvalue weighted by molar-refractivity contribution is 8.77. The lowest BCUT2D eigenvalue weighted by Gasteiger charge is -2.36. The molecular weight excluding hydrogens is 1000 g/mol. The molecule has 21 heteroatoms. The maximum Gasteiger partial charge on any atom is 0.332 e. The number of anilines is 2. The first-order chi connectivity index (χ1) is 36.1. The van der Waals surface area contributed by atoms with Crippen LogP contribution in [0.1, 0.15) is 98.7 Å². The Bertz CT molecular complexity index is 2720. The zero-order chi connectivity index (χ0) is 53.5. The number of hydrogen-bond donors (Lipinski definition) is 3. The molecule has 0 spiro atoms. The number of benzene rings is 3. The summed E-state index contributed by atoms with van der Waals surface area (Å²) in [5.41, 5.74) is 7.12. The van der Waals surface area contributed by atoms with E-state index in [-0.39, 0.29) is 80.2 Å². The van der Waals surface area contributed by atoms with E-state index in [1.807, 2.05) is 49.9 Å². The van der Waals surface area contributed by atoms with E-state index >= 15 is 4.39 Å². The Labute approximate surface area is 443 Å². The van der Waals surface area contributed by atoms with E-state index < -0.39 is 22.4 Å². The number of amides is 5. The molecule has 7 rings (SSSR count). The number of halogens is 1. The number of hydrogen-bond acceptors (Lipinski definition) is 15. The predicted molar refractivity (Wildman–Crippen MR) is 285 cm³/mol. The number of hydrazone groups is 1. The zero-order valence-corrected chi connectivity index (χ0v) is 44.1. The summed E-state index contributed by atoms with van der Waals surface area (Å²) < 4.78 is 26.3. The molecule has 3 aromatic carbocycles.